The molecule has 0 aliphatic carbocycles. The molecule has 0 N–H and O–H groups in total. The molecule has 0 spiro atoms. The topological polar surface area (TPSA) is 68.5 Å². The summed E-state index contributed by atoms with van der Waals surface area (Å²) in [4.78, 5) is 17.2. The van der Waals surface area contributed by atoms with Gasteiger partial charge in [-0.1, -0.05) is 47.7 Å². The molecular formula is C21H24N2O3S2. The minimum atomic E-state index is -3.24. The van der Waals surface area contributed by atoms with Gasteiger partial charge in [0.2, 0.25) is 5.91 Å². The highest BCUT2D eigenvalue weighted by molar-refractivity contribution is 7.90. The molecule has 0 radical (unpaired) electrons. The van der Waals surface area contributed by atoms with Crippen LogP contribution in [-0.2, 0) is 26.9 Å². The summed E-state index contributed by atoms with van der Waals surface area (Å²) in [6.45, 7) is 4.78. The number of hydrogen-bond donors (Lipinski definition) is 0. The maximum atomic E-state index is 12.3. The van der Waals surface area contributed by atoms with Crippen molar-refractivity contribution >= 4 is 37.3 Å². The Morgan fingerprint density at radius 2 is 1.89 bits per heavy atom. The molecule has 1 heterocycles. The van der Waals surface area contributed by atoms with E-state index in [4.69, 9.17) is 0 Å². The lowest BCUT2D eigenvalue weighted by atomic mass is 10.2. The lowest BCUT2D eigenvalue weighted by molar-refractivity contribution is -0.118. The molecule has 5 nitrogen and oxygen atoms in total. The molecule has 1 amide bonds. The Kier molecular flexibility index (Phi) is 6.46. The van der Waals surface area contributed by atoms with Crippen LogP contribution in [0.4, 0.5) is 0 Å². The molecule has 3 aromatic rings. The van der Waals surface area contributed by atoms with E-state index in [-0.39, 0.29) is 30.3 Å². The predicted molar refractivity (Wildman–Crippen MR) is 114 cm³/mol. The summed E-state index contributed by atoms with van der Waals surface area (Å²) in [5, 5.41) is 0. The number of thiazole rings is 1. The number of fused-ring (bicyclic) bond motifs is 1. The number of benzene rings is 2. The van der Waals surface area contributed by atoms with Gasteiger partial charge in [-0.25, -0.2) is 8.42 Å². The van der Waals surface area contributed by atoms with Crippen LogP contribution in [0.5, 0.6) is 0 Å². The van der Waals surface area contributed by atoms with Gasteiger partial charge < -0.3 is 4.57 Å². The Morgan fingerprint density at radius 1 is 1.14 bits per heavy atom. The third kappa shape index (κ3) is 5.17. The van der Waals surface area contributed by atoms with E-state index in [1.807, 2.05) is 48.7 Å². The second kappa shape index (κ2) is 8.84. The molecule has 0 saturated heterocycles. The Labute approximate surface area is 169 Å². The van der Waals surface area contributed by atoms with Crippen molar-refractivity contribution in [2.45, 2.75) is 39.0 Å². The van der Waals surface area contributed by atoms with E-state index in [1.54, 1.807) is 12.1 Å². The van der Waals surface area contributed by atoms with E-state index >= 15 is 0 Å². The van der Waals surface area contributed by atoms with Crippen molar-refractivity contribution in [2.24, 2.45) is 4.99 Å². The van der Waals surface area contributed by atoms with Crippen LogP contribution in [-0.4, -0.2) is 24.6 Å². The maximum absolute atomic E-state index is 12.3. The summed E-state index contributed by atoms with van der Waals surface area (Å²) < 4.78 is 27.6. The standard InChI is InChI=1S/C21H24N2O3S2/c1-3-23-18-12-11-16(2)14-19(18)27-21(23)22-20(24)10-7-13-28(25,26)15-17-8-5-4-6-9-17/h4-6,8-9,11-12,14H,3,7,10,13,15H2,1-2H3. The van der Waals surface area contributed by atoms with Crippen LogP contribution in [0.3, 0.4) is 0 Å². The minimum Gasteiger partial charge on any atom is -0.317 e. The smallest absolute Gasteiger partial charge is 0.248 e. The van der Waals surface area contributed by atoms with Gasteiger partial charge in [0.15, 0.2) is 14.6 Å². The van der Waals surface area contributed by atoms with Gasteiger partial charge in [-0.15, -0.1) is 0 Å². The summed E-state index contributed by atoms with van der Waals surface area (Å²) in [5.41, 5.74) is 3.00. The van der Waals surface area contributed by atoms with E-state index in [0.717, 1.165) is 22.3 Å². The molecule has 0 bridgehead atoms. The zero-order valence-corrected chi connectivity index (χ0v) is 17.7. The normalized spacial score (nSPS) is 12.6. The van der Waals surface area contributed by atoms with Gasteiger partial charge >= 0.3 is 0 Å². The van der Waals surface area contributed by atoms with Crippen molar-refractivity contribution in [2.75, 3.05) is 5.75 Å². The summed E-state index contributed by atoms with van der Waals surface area (Å²) in [7, 11) is -3.24. The molecule has 7 heteroatoms. The van der Waals surface area contributed by atoms with Crippen molar-refractivity contribution in [3.63, 3.8) is 0 Å². The van der Waals surface area contributed by atoms with Crippen LogP contribution >= 0.6 is 11.3 Å². The van der Waals surface area contributed by atoms with Crippen molar-refractivity contribution in [3.05, 3.63) is 64.5 Å². The molecule has 148 valence electrons. The van der Waals surface area contributed by atoms with E-state index in [1.165, 1.54) is 16.9 Å². The van der Waals surface area contributed by atoms with Crippen LogP contribution in [0.2, 0.25) is 0 Å². The first kappa shape index (κ1) is 20.5. The maximum Gasteiger partial charge on any atom is 0.248 e. The molecule has 0 saturated carbocycles. The average Bonchev–Trinajstić information content (AvgIpc) is 2.97. The Hall–Kier alpha value is -2.25. The van der Waals surface area contributed by atoms with E-state index < -0.39 is 9.84 Å². The Balaban J connectivity index is 1.66. The van der Waals surface area contributed by atoms with Crippen LogP contribution in [0, 0.1) is 6.92 Å². The zero-order chi connectivity index (χ0) is 20.1. The fraction of sp³-hybridized carbons (Fsp3) is 0.333. The highest BCUT2D eigenvalue weighted by Crippen LogP contribution is 2.19. The number of hydrogen-bond acceptors (Lipinski definition) is 4. The summed E-state index contributed by atoms with van der Waals surface area (Å²) in [6, 6.07) is 15.3. The molecule has 0 fully saturated rings. The van der Waals surface area contributed by atoms with Gasteiger partial charge in [0.05, 0.1) is 21.7 Å². The summed E-state index contributed by atoms with van der Waals surface area (Å²) >= 11 is 1.49. The number of carbonyl (C=O) groups is 1. The van der Waals surface area contributed by atoms with Crippen LogP contribution < -0.4 is 4.80 Å². The summed E-state index contributed by atoms with van der Waals surface area (Å²) in [5.74, 6) is -0.284. The lowest BCUT2D eigenvalue weighted by Crippen LogP contribution is -2.16. The molecular weight excluding hydrogens is 392 g/mol. The number of aryl methyl sites for hydroxylation is 2. The number of carbonyl (C=O) groups excluding carboxylic acids is 1. The third-order valence-electron chi connectivity index (χ3n) is 4.45. The van der Waals surface area contributed by atoms with Gasteiger partial charge in [-0.2, -0.15) is 4.99 Å². The quantitative estimate of drug-likeness (QED) is 0.587. The number of sulfone groups is 1. The van der Waals surface area contributed by atoms with Gasteiger partial charge in [-0.05, 0) is 43.5 Å². The molecule has 0 atom stereocenters. The molecule has 0 unspecified atom stereocenters. The van der Waals surface area contributed by atoms with Crippen molar-refractivity contribution < 1.29 is 13.2 Å². The minimum absolute atomic E-state index is 0.00464. The largest absolute Gasteiger partial charge is 0.317 e. The van der Waals surface area contributed by atoms with Crippen LogP contribution in [0.15, 0.2) is 53.5 Å². The second-order valence-corrected chi connectivity index (χ2v) is 9.98. The second-order valence-electron chi connectivity index (χ2n) is 6.79. The van der Waals surface area contributed by atoms with E-state index in [0.29, 0.717) is 4.80 Å². The van der Waals surface area contributed by atoms with Crippen molar-refractivity contribution in [1.29, 1.82) is 0 Å². The van der Waals surface area contributed by atoms with Gasteiger partial charge in [0.1, 0.15) is 0 Å². The highest BCUT2D eigenvalue weighted by Gasteiger charge is 2.13. The first-order chi connectivity index (χ1) is 13.4. The Morgan fingerprint density at radius 3 is 2.61 bits per heavy atom. The monoisotopic (exact) mass is 416 g/mol. The van der Waals surface area contributed by atoms with Gasteiger partial charge in [0.25, 0.3) is 0 Å². The van der Waals surface area contributed by atoms with Crippen LogP contribution in [0.1, 0.15) is 30.9 Å². The van der Waals surface area contributed by atoms with Crippen LogP contribution in [0.25, 0.3) is 10.2 Å². The molecule has 2 aromatic carbocycles. The summed E-state index contributed by atoms with van der Waals surface area (Å²) in [6.07, 6.45) is 0.415. The number of nitrogens with zero attached hydrogens (tertiary/aromatic N) is 2. The number of aromatic nitrogens is 1. The fourth-order valence-corrected chi connectivity index (χ4v) is 5.72. The van der Waals surface area contributed by atoms with Crippen molar-refractivity contribution in [3.8, 4) is 0 Å². The van der Waals surface area contributed by atoms with E-state index in [2.05, 4.69) is 11.1 Å². The fourth-order valence-electron chi connectivity index (χ4n) is 3.08. The van der Waals surface area contributed by atoms with E-state index in [9.17, 15) is 13.2 Å². The average molecular weight is 417 g/mol. The third-order valence-corrected chi connectivity index (χ3v) is 7.18. The SMILES string of the molecule is CCn1c(=NC(=O)CCCS(=O)(=O)Cc2ccccc2)sc2cc(C)ccc21. The molecule has 1 aromatic heterocycles. The molecule has 0 aliphatic rings. The lowest BCUT2D eigenvalue weighted by Gasteiger charge is -2.03. The first-order valence-electron chi connectivity index (χ1n) is 9.30. The zero-order valence-electron chi connectivity index (χ0n) is 16.1. The van der Waals surface area contributed by atoms with Gasteiger partial charge in [0, 0.05) is 13.0 Å². The molecule has 0 aliphatic heterocycles. The Bertz CT molecular complexity index is 1140. The molecule has 3 rings (SSSR count). The predicted octanol–water partition coefficient (Wildman–Crippen LogP) is 3.85. The highest BCUT2D eigenvalue weighted by atomic mass is 32.2. The number of amides is 1. The first-order valence-corrected chi connectivity index (χ1v) is 11.9. The van der Waals surface area contributed by atoms with Gasteiger partial charge in [-0.3, -0.25) is 4.79 Å². The number of rotatable bonds is 7. The molecule has 28 heavy (non-hydrogen) atoms. The van der Waals surface area contributed by atoms with Crippen molar-refractivity contribution in [1.82, 2.24) is 4.57 Å².